The summed E-state index contributed by atoms with van der Waals surface area (Å²) >= 11 is 0. The van der Waals surface area contributed by atoms with E-state index in [2.05, 4.69) is 52.4 Å². The Balaban J connectivity index is 1.95. The van der Waals surface area contributed by atoms with Crippen LogP contribution in [-0.2, 0) is 6.54 Å². The van der Waals surface area contributed by atoms with E-state index < -0.39 is 0 Å². The van der Waals surface area contributed by atoms with E-state index in [4.69, 9.17) is 9.72 Å². The number of hydrogen-bond donors (Lipinski definition) is 4. The van der Waals surface area contributed by atoms with Gasteiger partial charge in [-0.1, -0.05) is 13.8 Å². The topological polar surface area (TPSA) is 132 Å². The van der Waals surface area contributed by atoms with Crippen molar-refractivity contribution in [2.45, 2.75) is 65.1 Å². The third-order valence-corrected chi connectivity index (χ3v) is 6.38. The van der Waals surface area contributed by atoms with E-state index in [0.29, 0.717) is 16.8 Å². The van der Waals surface area contributed by atoms with Crippen LogP contribution in [0.2, 0.25) is 0 Å². The minimum absolute atomic E-state index is 0.00752. The number of rotatable bonds is 7. The fourth-order valence-electron chi connectivity index (χ4n) is 4.59. The zero-order valence-electron chi connectivity index (χ0n) is 20.4. The maximum atomic E-state index is 10.4. The molecule has 3 aromatic rings. The van der Waals surface area contributed by atoms with Crippen molar-refractivity contribution in [3.8, 4) is 17.2 Å². The van der Waals surface area contributed by atoms with Crippen LogP contribution in [-0.4, -0.2) is 61.4 Å². The van der Waals surface area contributed by atoms with Gasteiger partial charge in [0, 0.05) is 24.7 Å². The van der Waals surface area contributed by atoms with Crippen LogP contribution in [0.25, 0.3) is 11.0 Å². The van der Waals surface area contributed by atoms with Crippen molar-refractivity contribution in [1.82, 2.24) is 19.7 Å². The molecule has 0 aliphatic carbocycles. The summed E-state index contributed by atoms with van der Waals surface area (Å²) in [6.45, 7) is 9.29. The molecule has 10 nitrogen and oxygen atoms in total. The largest absolute Gasteiger partial charge is 0.507 e. The predicted octanol–water partition coefficient (Wildman–Crippen LogP) is 2.95. The lowest BCUT2D eigenvalue weighted by Crippen LogP contribution is -2.37. The molecule has 1 atom stereocenters. The van der Waals surface area contributed by atoms with Gasteiger partial charge in [0.1, 0.15) is 17.2 Å². The van der Waals surface area contributed by atoms with Gasteiger partial charge in [0.05, 0.1) is 43.1 Å². The van der Waals surface area contributed by atoms with Gasteiger partial charge in [-0.2, -0.15) is 10.1 Å². The number of aromatic hydroxyl groups is 2. The number of aliphatic hydroxyl groups excluding tert-OH is 1. The highest BCUT2D eigenvalue weighted by Gasteiger charge is 2.30. The summed E-state index contributed by atoms with van der Waals surface area (Å²) in [5.41, 5.74) is 3.25. The molecule has 0 amide bonds. The molecule has 1 unspecified atom stereocenters. The molecule has 4 rings (SSSR count). The lowest BCUT2D eigenvalue weighted by Gasteiger charge is -2.29. The molecule has 184 valence electrons. The molecule has 1 aliphatic heterocycles. The number of anilines is 1. The number of methoxy groups -OCH3 is 1. The lowest BCUT2D eigenvalue weighted by molar-refractivity contribution is 0.265. The second-order valence-electron chi connectivity index (χ2n) is 9.32. The van der Waals surface area contributed by atoms with E-state index in [0.717, 1.165) is 36.5 Å². The highest BCUT2D eigenvalue weighted by Crippen LogP contribution is 2.34. The summed E-state index contributed by atoms with van der Waals surface area (Å²) in [5, 5.41) is 38.5. The zero-order valence-corrected chi connectivity index (χ0v) is 20.4. The summed E-state index contributed by atoms with van der Waals surface area (Å²) in [4.78, 5) is 11.8. The number of ether oxygens (including phenoxy) is 1. The van der Waals surface area contributed by atoms with Gasteiger partial charge < -0.3 is 29.5 Å². The van der Waals surface area contributed by atoms with Crippen LogP contribution >= 0.6 is 0 Å². The average molecular weight is 471 g/mol. The Bertz CT molecular complexity index is 1220. The number of nitrogens with zero attached hydrogens (tertiary/aromatic N) is 5. The molecule has 10 heteroatoms. The van der Waals surface area contributed by atoms with E-state index in [1.54, 1.807) is 0 Å². The normalized spacial score (nSPS) is 17.0. The van der Waals surface area contributed by atoms with Gasteiger partial charge in [-0.3, -0.25) is 10.1 Å². The zero-order chi connectivity index (χ0) is 24.6. The molecule has 3 heterocycles. The first-order valence-corrected chi connectivity index (χ1v) is 11.7. The number of aliphatic hydroxyl groups is 1. The predicted molar refractivity (Wildman–Crippen MR) is 129 cm³/mol. The average Bonchev–Trinajstić information content (AvgIpc) is 3.44. The maximum Gasteiger partial charge on any atom is 0.208 e. The van der Waals surface area contributed by atoms with Crippen molar-refractivity contribution in [2.75, 3.05) is 25.2 Å². The quantitative estimate of drug-likeness (QED) is 0.417. The molecule has 1 fully saturated rings. The highest BCUT2D eigenvalue weighted by atomic mass is 16.5. The summed E-state index contributed by atoms with van der Waals surface area (Å²) < 4.78 is 7.27. The van der Waals surface area contributed by atoms with Gasteiger partial charge in [0.15, 0.2) is 11.0 Å². The van der Waals surface area contributed by atoms with Gasteiger partial charge in [-0.05, 0) is 32.6 Å². The van der Waals surface area contributed by atoms with Crippen LogP contribution in [0.3, 0.4) is 0 Å². The first-order valence-electron chi connectivity index (χ1n) is 11.7. The van der Waals surface area contributed by atoms with E-state index in [1.165, 1.54) is 19.2 Å². The van der Waals surface area contributed by atoms with Gasteiger partial charge in [-0.15, -0.1) is 0 Å². The smallest absolute Gasteiger partial charge is 0.208 e. The monoisotopic (exact) mass is 470 g/mol. The Labute approximate surface area is 198 Å². The maximum absolute atomic E-state index is 10.4. The summed E-state index contributed by atoms with van der Waals surface area (Å²) in [6, 6.07) is 2.98. The molecule has 0 radical (unpaired) electrons. The molecule has 34 heavy (non-hydrogen) atoms. The van der Waals surface area contributed by atoms with Crippen molar-refractivity contribution >= 4 is 17.0 Å². The molecule has 1 aliphatic rings. The number of nitrogens with one attached hydrogen (secondary N) is 1. The summed E-state index contributed by atoms with van der Waals surface area (Å²) in [5.74, 6) is 1.09. The van der Waals surface area contributed by atoms with Crippen molar-refractivity contribution in [2.24, 2.45) is 4.99 Å². The fraction of sp³-hybridized carbons (Fsp3) is 0.542. The first-order chi connectivity index (χ1) is 16.3. The van der Waals surface area contributed by atoms with Gasteiger partial charge in [0.2, 0.25) is 5.95 Å². The van der Waals surface area contributed by atoms with Crippen LogP contribution in [0, 0.1) is 0 Å². The van der Waals surface area contributed by atoms with Crippen molar-refractivity contribution in [3.63, 3.8) is 0 Å². The Morgan fingerprint density at radius 1 is 1.21 bits per heavy atom. The number of H-pyrrole nitrogens is 1. The van der Waals surface area contributed by atoms with E-state index in [1.807, 2.05) is 0 Å². The third kappa shape index (κ3) is 4.18. The molecular formula is C24H34N6O4. The molecule has 2 aromatic heterocycles. The number of aromatic nitrogens is 4. The Morgan fingerprint density at radius 3 is 2.50 bits per heavy atom. The number of hydrogen-bond acceptors (Lipinski definition) is 8. The van der Waals surface area contributed by atoms with E-state index >= 15 is 0 Å². The van der Waals surface area contributed by atoms with Gasteiger partial charge in [0.25, 0.3) is 0 Å². The molecular weight excluding hydrogens is 436 g/mol. The minimum Gasteiger partial charge on any atom is -0.507 e. The number of phenols is 2. The van der Waals surface area contributed by atoms with Crippen LogP contribution in [0.1, 0.15) is 63.8 Å². The minimum atomic E-state index is -0.102. The van der Waals surface area contributed by atoms with Gasteiger partial charge in [-0.25, -0.2) is 0 Å². The Morgan fingerprint density at radius 2 is 1.91 bits per heavy atom. The third-order valence-electron chi connectivity index (χ3n) is 6.38. The molecule has 0 bridgehead atoms. The van der Waals surface area contributed by atoms with E-state index in [9.17, 15) is 15.3 Å². The second-order valence-corrected chi connectivity index (χ2v) is 9.32. The van der Waals surface area contributed by atoms with Crippen LogP contribution < -0.4 is 15.1 Å². The molecule has 1 aromatic carbocycles. The first kappa shape index (κ1) is 23.9. The Kier molecular flexibility index (Phi) is 6.70. The number of benzene rings is 1. The van der Waals surface area contributed by atoms with Crippen LogP contribution in [0.4, 0.5) is 5.95 Å². The van der Waals surface area contributed by atoms with Crippen molar-refractivity contribution in [1.29, 1.82) is 0 Å². The van der Waals surface area contributed by atoms with Crippen LogP contribution in [0.5, 0.6) is 17.2 Å². The number of aromatic amines is 1. The summed E-state index contributed by atoms with van der Waals surface area (Å²) in [7, 11) is 1.47. The number of fused-ring (bicyclic) bond motifs is 1. The SMILES string of the molecule is COc1cc(O)c(CN=c2nc(N3CCCC3CO)n(C(C)C)c3c(C(C)C)[nH]nc23)c(O)c1. The Hall–Kier alpha value is -3.27. The van der Waals surface area contributed by atoms with Crippen molar-refractivity contribution in [3.05, 3.63) is 28.9 Å². The fourth-order valence-corrected chi connectivity index (χ4v) is 4.59. The van der Waals surface area contributed by atoms with E-state index in [-0.39, 0.29) is 48.2 Å². The molecule has 4 N–H and O–H groups in total. The highest BCUT2D eigenvalue weighted by molar-refractivity contribution is 5.79. The second kappa shape index (κ2) is 9.54. The summed E-state index contributed by atoms with van der Waals surface area (Å²) in [6.07, 6.45) is 1.88. The van der Waals surface area contributed by atoms with Crippen LogP contribution in [0.15, 0.2) is 17.1 Å². The molecule has 1 saturated heterocycles. The number of phenolic OH excluding ortho intramolecular Hbond substituents is 2. The molecule has 0 spiro atoms. The lowest BCUT2D eigenvalue weighted by atomic mass is 10.1. The standard InChI is InChI=1S/C24H34N6O4/c1-13(2)20-22-21(28-27-20)23(25-11-17-18(32)9-16(34-5)10-19(17)33)26-24(30(22)14(3)4)29-8-6-7-15(29)12-31/h9-10,13-15,31-33H,6-8,11-12H2,1-5H3,(H,27,28). The van der Waals surface area contributed by atoms with Crippen molar-refractivity contribution < 1.29 is 20.1 Å². The molecule has 0 saturated carbocycles. The van der Waals surface area contributed by atoms with Gasteiger partial charge >= 0.3 is 0 Å².